The Morgan fingerprint density at radius 3 is 3.00 bits per heavy atom. The van der Waals surface area contributed by atoms with Gasteiger partial charge in [0.15, 0.2) is 0 Å². The molecule has 0 saturated carbocycles. The van der Waals surface area contributed by atoms with Crippen molar-refractivity contribution in [3.05, 3.63) is 28.7 Å². The van der Waals surface area contributed by atoms with Crippen molar-refractivity contribution in [3.8, 4) is 5.75 Å². The zero-order valence-electron chi connectivity index (χ0n) is 6.53. The van der Waals surface area contributed by atoms with E-state index in [2.05, 4.69) is 4.98 Å². The summed E-state index contributed by atoms with van der Waals surface area (Å²) in [4.78, 5) is 13.7. The smallest absolute Gasteiger partial charge is 0.326 e. The quantitative estimate of drug-likeness (QED) is 0.598. The molecular weight excluding hydrogens is 156 g/mol. The van der Waals surface area contributed by atoms with E-state index in [1.807, 2.05) is 0 Å². The third-order valence-corrected chi connectivity index (χ3v) is 1.89. The normalized spacial score (nSPS) is 10.8. The molecule has 0 aliphatic rings. The van der Waals surface area contributed by atoms with E-state index in [9.17, 15) is 4.79 Å². The number of fused-ring (bicyclic) bond motifs is 1. The van der Waals surface area contributed by atoms with Gasteiger partial charge in [0.2, 0.25) is 0 Å². The standard InChI is InChI=1S/C8H8N2O2/c1-10-7-3-2-5(11)4-6(7)9-8(10)12/h2-4,11H,1H3,(H,9,12). The molecule has 0 saturated heterocycles. The molecule has 1 heterocycles. The Labute approximate surface area is 68.1 Å². The number of H-pyrrole nitrogens is 1. The van der Waals surface area contributed by atoms with Crippen LogP contribution < -0.4 is 5.69 Å². The summed E-state index contributed by atoms with van der Waals surface area (Å²) >= 11 is 0. The summed E-state index contributed by atoms with van der Waals surface area (Å²) in [5, 5.41) is 9.10. The molecule has 0 aliphatic heterocycles. The van der Waals surface area contributed by atoms with Gasteiger partial charge in [-0.25, -0.2) is 4.79 Å². The fourth-order valence-electron chi connectivity index (χ4n) is 1.23. The van der Waals surface area contributed by atoms with Crippen LogP contribution in [0.5, 0.6) is 5.75 Å². The number of phenolic OH excluding ortho intramolecular Hbond substituents is 1. The Morgan fingerprint density at radius 2 is 2.25 bits per heavy atom. The van der Waals surface area contributed by atoms with E-state index in [1.165, 1.54) is 10.6 Å². The summed E-state index contributed by atoms with van der Waals surface area (Å²) in [7, 11) is 1.68. The third-order valence-electron chi connectivity index (χ3n) is 1.89. The molecular formula is C8H8N2O2. The van der Waals surface area contributed by atoms with Gasteiger partial charge in [-0.2, -0.15) is 0 Å². The van der Waals surface area contributed by atoms with Crippen LogP contribution in [-0.2, 0) is 7.05 Å². The molecule has 0 amide bonds. The second-order valence-corrected chi connectivity index (χ2v) is 2.69. The van der Waals surface area contributed by atoms with Crippen LogP contribution in [0.15, 0.2) is 23.0 Å². The fraction of sp³-hybridized carbons (Fsp3) is 0.125. The Kier molecular flexibility index (Phi) is 1.24. The lowest BCUT2D eigenvalue weighted by Crippen LogP contribution is -2.11. The third kappa shape index (κ3) is 0.812. The zero-order valence-corrected chi connectivity index (χ0v) is 6.53. The minimum atomic E-state index is -0.171. The number of nitrogens with one attached hydrogen (secondary N) is 1. The monoisotopic (exact) mass is 164 g/mol. The molecule has 2 N–H and O–H groups in total. The first-order valence-corrected chi connectivity index (χ1v) is 3.56. The number of benzene rings is 1. The Morgan fingerprint density at radius 1 is 1.50 bits per heavy atom. The highest BCUT2D eigenvalue weighted by Gasteiger charge is 2.01. The van der Waals surface area contributed by atoms with E-state index < -0.39 is 0 Å². The van der Waals surface area contributed by atoms with Crippen LogP contribution in [-0.4, -0.2) is 14.7 Å². The topological polar surface area (TPSA) is 58.0 Å². The Bertz CT molecular complexity index is 481. The van der Waals surface area contributed by atoms with E-state index in [0.717, 1.165) is 5.52 Å². The minimum absolute atomic E-state index is 0.157. The largest absolute Gasteiger partial charge is 0.508 e. The molecule has 0 aliphatic carbocycles. The molecule has 0 unspecified atom stereocenters. The second-order valence-electron chi connectivity index (χ2n) is 2.69. The first kappa shape index (κ1) is 6.97. The number of aromatic amines is 1. The number of nitrogens with zero attached hydrogens (tertiary/aromatic N) is 1. The Hall–Kier alpha value is -1.71. The SMILES string of the molecule is Cn1c(=O)[nH]c2cc(O)ccc21. The highest BCUT2D eigenvalue weighted by atomic mass is 16.3. The predicted molar refractivity (Wildman–Crippen MR) is 45.2 cm³/mol. The lowest BCUT2D eigenvalue weighted by Gasteiger charge is -1.92. The molecule has 0 atom stereocenters. The molecule has 4 heteroatoms. The highest BCUT2D eigenvalue weighted by molar-refractivity contribution is 5.76. The number of aryl methyl sites for hydroxylation is 1. The van der Waals surface area contributed by atoms with Gasteiger partial charge in [0, 0.05) is 13.1 Å². The van der Waals surface area contributed by atoms with Crippen LogP contribution in [0.1, 0.15) is 0 Å². The molecule has 0 bridgehead atoms. The number of hydrogen-bond acceptors (Lipinski definition) is 2. The van der Waals surface area contributed by atoms with E-state index in [0.29, 0.717) is 5.52 Å². The van der Waals surface area contributed by atoms with Crippen LogP contribution in [0.3, 0.4) is 0 Å². The first-order valence-electron chi connectivity index (χ1n) is 3.56. The molecule has 12 heavy (non-hydrogen) atoms. The van der Waals surface area contributed by atoms with Crippen LogP contribution in [0.25, 0.3) is 11.0 Å². The van der Waals surface area contributed by atoms with Crippen molar-refractivity contribution in [3.63, 3.8) is 0 Å². The van der Waals surface area contributed by atoms with Gasteiger partial charge in [-0.05, 0) is 12.1 Å². The van der Waals surface area contributed by atoms with Gasteiger partial charge in [0.1, 0.15) is 5.75 Å². The summed E-state index contributed by atoms with van der Waals surface area (Å²) in [6.07, 6.45) is 0. The fourth-order valence-corrected chi connectivity index (χ4v) is 1.23. The average molecular weight is 164 g/mol. The summed E-state index contributed by atoms with van der Waals surface area (Å²) in [5.74, 6) is 0.157. The van der Waals surface area contributed by atoms with Gasteiger partial charge in [-0.15, -0.1) is 0 Å². The van der Waals surface area contributed by atoms with Gasteiger partial charge in [0.25, 0.3) is 0 Å². The molecule has 0 spiro atoms. The molecule has 2 rings (SSSR count). The number of rotatable bonds is 0. The van der Waals surface area contributed by atoms with E-state index in [4.69, 9.17) is 5.11 Å². The molecule has 4 nitrogen and oxygen atoms in total. The maximum Gasteiger partial charge on any atom is 0.326 e. The maximum absolute atomic E-state index is 11.1. The number of aromatic nitrogens is 2. The average Bonchev–Trinajstić information content (AvgIpc) is 2.28. The Balaban J connectivity index is 2.96. The van der Waals surface area contributed by atoms with Crippen LogP contribution in [0.2, 0.25) is 0 Å². The van der Waals surface area contributed by atoms with E-state index in [-0.39, 0.29) is 11.4 Å². The van der Waals surface area contributed by atoms with Gasteiger partial charge in [-0.1, -0.05) is 0 Å². The van der Waals surface area contributed by atoms with E-state index >= 15 is 0 Å². The summed E-state index contributed by atoms with van der Waals surface area (Å²) < 4.78 is 1.49. The van der Waals surface area contributed by atoms with Crippen molar-refractivity contribution in [1.82, 2.24) is 9.55 Å². The number of phenols is 1. The van der Waals surface area contributed by atoms with Crippen molar-refractivity contribution < 1.29 is 5.11 Å². The van der Waals surface area contributed by atoms with Crippen LogP contribution >= 0.6 is 0 Å². The lowest BCUT2D eigenvalue weighted by atomic mass is 10.3. The summed E-state index contributed by atoms with van der Waals surface area (Å²) in [6.45, 7) is 0. The molecule has 1 aromatic carbocycles. The first-order chi connectivity index (χ1) is 5.68. The van der Waals surface area contributed by atoms with Crippen molar-refractivity contribution in [2.75, 3.05) is 0 Å². The van der Waals surface area contributed by atoms with Gasteiger partial charge in [0.05, 0.1) is 11.0 Å². The maximum atomic E-state index is 11.1. The molecule has 62 valence electrons. The predicted octanol–water partition coefficient (Wildman–Crippen LogP) is 0.572. The van der Waals surface area contributed by atoms with Crippen molar-refractivity contribution >= 4 is 11.0 Å². The van der Waals surface area contributed by atoms with Crippen LogP contribution in [0.4, 0.5) is 0 Å². The number of aromatic hydroxyl groups is 1. The van der Waals surface area contributed by atoms with E-state index in [1.54, 1.807) is 19.2 Å². The summed E-state index contributed by atoms with van der Waals surface area (Å²) in [5.41, 5.74) is 1.27. The molecule has 1 aromatic heterocycles. The molecule has 0 fully saturated rings. The van der Waals surface area contributed by atoms with Crippen molar-refractivity contribution in [1.29, 1.82) is 0 Å². The number of imidazole rings is 1. The molecule has 2 aromatic rings. The lowest BCUT2D eigenvalue weighted by molar-refractivity contribution is 0.476. The minimum Gasteiger partial charge on any atom is -0.508 e. The highest BCUT2D eigenvalue weighted by Crippen LogP contribution is 2.15. The number of hydrogen-bond donors (Lipinski definition) is 2. The van der Waals surface area contributed by atoms with Crippen LogP contribution in [0, 0.1) is 0 Å². The van der Waals surface area contributed by atoms with Gasteiger partial charge >= 0.3 is 5.69 Å². The van der Waals surface area contributed by atoms with Gasteiger partial charge < -0.3 is 10.1 Å². The summed E-state index contributed by atoms with van der Waals surface area (Å²) in [6, 6.07) is 4.77. The van der Waals surface area contributed by atoms with Crippen molar-refractivity contribution in [2.45, 2.75) is 0 Å². The zero-order chi connectivity index (χ0) is 8.72. The van der Waals surface area contributed by atoms with Gasteiger partial charge in [-0.3, -0.25) is 4.57 Å². The second kappa shape index (κ2) is 2.14. The van der Waals surface area contributed by atoms with Crippen molar-refractivity contribution in [2.24, 2.45) is 7.05 Å². The molecule has 0 radical (unpaired) electrons.